The molecule has 0 bridgehead atoms. The van der Waals surface area contributed by atoms with Crippen LogP contribution in [-0.4, -0.2) is 5.51 Å². The fourth-order valence-electron chi connectivity index (χ4n) is 1.53. The van der Waals surface area contributed by atoms with Crippen molar-refractivity contribution in [1.29, 1.82) is 0 Å². The van der Waals surface area contributed by atoms with Crippen LogP contribution < -0.4 is 5.73 Å². The summed E-state index contributed by atoms with van der Waals surface area (Å²) in [6.45, 7) is 3.92. The molecule has 0 saturated carbocycles. The minimum absolute atomic E-state index is 0. The molecule has 18 heavy (non-hydrogen) atoms. The number of hydrogen-bond acceptors (Lipinski definition) is 2. The molecule has 0 aromatic heterocycles. The molecule has 1 unspecified atom stereocenters. The van der Waals surface area contributed by atoms with Gasteiger partial charge in [0.1, 0.15) is 0 Å². The van der Waals surface area contributed by atoms with Crippen LogP contribution in [0.15, 0.2) is 29.2 Å². The summed E-state index contributed by atoms with van der Waals surface area (Å²) in [5.74, 6) is 0.157. The molecule has 0 spiro atoms. The number of benzene rings is 1. The van der Waals surface area contributed by atoms with Crippen molar-refractivity contribution >= 4 is 24.2 Å². The van der Waals surface area contributed by atoms with Gasteiger partial charge in [0.25, 0.3) is 0 Å². The third-order valence-corrected chi connectivity index (χ3v) is 3.58. The molecule has 0 aliphatic rings. The Labute approximate surface area is 116 Å². The molecule has 1 aromatic rings. The lowest BCUT2D eigenvalue weighted by Gasteiger charge is -2.21. The maximum Gasteiger partial charge on any atom is 0.446 e. The molecule has 104 valence electrons. The van der Waals surface area contributed by atoms with Gasteiger partial charge in [-0.2, -0.15) is 13.2 Å². The van der Waals surface area contributed by atoms with Crippen molar-refractivity contribution < 1.29 is 13.2 Å². The molecule has 0 aliphatic heterocycles. The van der Waals surface area contributed by atoms with Crippen molar-refractivity contribution in [1.82, 2.24) is 0 Å². The number of thioether (sulfide) groups is 1. The van der Waals surface area contributed by atoms with E-state index in [0.717, 1.165) is 6.42 Å². The maximum absolute atomic E-state index is 12.4. The van der Waals surface area contributed by atoms with E-state index in [-0.39, 0.29) is 41.0 Å². The van der Waals surface area contributed by atoms with Crippen LogP contribution in [0.2, 0.25) is 0 Å². The molecular weight excluding hydrogens is 283 g/mol. The van der Waals surface area contributed by atoms with E-state index in [9.17, 15) is 13.2 Å². The quantitative estimate of drug-likeness (QED) is 0.811. The first-order valence-electron chi connectivity index (χ1n) is 5.45. The zero-order valence-electron chi connectivity index (χ0n) is 10.2. The highest BCUT2D eigenvalue weighted by Gasteiger charge is 2.31. The average Bonchev–Trinajstić information content (AvgIpc) is 2.25. The van der Waals surface area contributed by atoms with Crippen molar-refractivity contribution in [2.24, 2.45) is 11.7 Å². The summed E-state index contributed by atoms with van der Waals surface area (Å²) in [5, 5.41) is 0. The van der Waals surface area contributed by atoms with Crippen molar-refractivity contribution in [2.75, 3.05) is 0 Å². The predicted octanol–water partition coefficient (Wildman–Crippen LogP) is 4.77. The van der Waals surface area contributed by atoms with E-state index in [2.05, 4.69) is 0 Å². The summed E-state index contributed by atoms with van der Waals surface area (Å²) in [4.78, 5) is 0.202. The maximum atomic E-state index is 12.4. The van der Waals surface area contributed by atoms with Crippen molar-refractivity contribution in [3.05, 3.63) is 29.8 Å². The Bertz CT molecular complexity index is 371. The Hall–Kier alpha value is -0.390. The first-order chi connectivity index (χ1) is 7.85. The van der Waals surface area contributed by atoms with E-state index in [4.69, 9.17) is 5.73 Å². The topological polar surface area (TPSA) is 26.0 Å². The Morgan fingerprint density at radius 1 is 1.28 bits per heavy atom. The highest BCUT2D eigenvalue weighted by Crippen LogP contribution is 2.40. The second-order valence-electron chi connectivity index (χ2n) is 4.00. The van der Waals surface area contributed by atoms with Crippen molar-refractivity contribution in [2.45, 2.75) is 36.7 Å². The summed E-state index contributed by atoms with van der Waals surface area (Å²) < 4.78 is 37.2. The molecule has 0 aliphatic carbocycles. The van der Waals surface area contributed by atoms with Crippen LogP contribution in [0.25, 0.3) is 0 Å². The van der Waals surface area contributed by atoms with Crippen LogP contribution >= 0.6 is 24.2 Å². The van der Waals surface area contributed by atoms with Gasteiger partial charge in [0.05, 0.1) is 0 Å². The number of rotatable bonds is 4. The Kier molecular flexibility index (Phi) is 7.10. The molecule has 0 saturated heterocycles. The third kappa shape index (κ3) is 5.08. The monoisotopic (exact) mass is 299 g/mol. The van der Waals surface area contributed by atoms with Crippen molar-refractivity contribution in [3.63, 3.8) is 0 Å². The van der Waals surface area contributed by atoms with E-state index in [1.807, 2.05) is 13.8 Å². The molecule has 6 heteroatoms. The van der Waals surface area contributed by atoms with Crippen LogP contribution in [0, 0.1) is 5.92 Å². The van der Waals surface area contributed by atoms with Gasteiger partial charge < -0.3 is 5.73 Å². The highest BCUT2D eigenvalue weighted by molar-refractivity contribution is 8.00. The lowest BCUT2D eigenvalue weighted by Crippen LogP contribution is -2.19. The number of alkyl halides is 3. The van der Waals surface area contributed by atoms with E-state index in [0.29, 0.717) is 5.56 Å². The molecule has 2 N–H and O–H groups in total. The Morgan fingerprint density at radius 2 is 1.83 bits per heavy atom. The third-order valence-electron chi connectivity index (χ3n) is 2.76. The second-order valence-corrected chi connectivity index (χ2v) is 5.10. The molecular formula is C12H17ClF3NS. The minimum Gasteiger partial charge on any atom is -0.324 e. The molecule has 1 rings (SSSR count). The van der Waals surface area contributed by atoms with Crippen molar-refractivity contribution in [3.8, 4) is 0 Å². The van der Waals surface area contributed by atoms with Crippen LogP contribution in [-0.2, 0) is 0 Å². The number of nitrogens with two attached hydrogens (primary N) is 1. The van der Waals surface area contributed by atoms with Gasteiger partial charge in [-0.1, -0.05) is 38.5 Å². The lowest BCUT2D eigenvalue weighted by molar-refractivity contribution is -0.0328. The summed E-state index contributed by atoms with van der Waals surface area (Å²) >= 11 is -0.0964. The van der Waals surface area contributed by atoms with Gasteiger partial charge in [-0.3, -0.25) is 0 Å². The number of hydrogen-bond donors (Lipinski definition) is 1. The second kappa shape index (κ2) is 7.26. The summed E-state index contributed by atoms with van der Waals surface area (Å²) in [6, 6.07) is 6.10. The zero-order chi connectivity index (χ0) is 13.1. The van der Waals surface area contributed by atoms with Crippen LogP contribution in [0.1, 0.15) is 31.9 Å². The van der Waals surface area contributed by atoms with Gasteiger partial charge in [0.2, 0.25) is 0 Å². The average molecular weight is 300 g/mol. The zero-order valence-corrected chi connectivity index (χ0v) is 11.8. The number of halogens is 4. The summed E-state index contributed by atoms with van der Waals surface area (Å²) in [5.41, 5.74) is 2.29. The molecule has 1 nitrogen and oxygen atoms in total. The fraction of sp³-hybridized carbons (Fsp3) is 0.500. The molecule has 0 heterocycles. The largest absolute Gasteiger partial charge is 0.446 e. The first kappa shape index (κ1) is 17.6. The Balaban J connectivity index is 0.00000289. The minimum atomic E-state index is -4.27. The van der Waals surface area contributed by atoms with Gasteiger partial charge >= 0.3 is 5.51 Å². The van der Waals surface area contributed by atoms with Crippen LogP contribution in [0.3, 0.4) is 0 Å². The van der Waals surface area contributed by atoms with Gasteiger partial charge in [-0.15, -0.1) is 12.4 Å². The van der Waals surface area contributed by atoms with E-state index >= 15 is 0 Å². The van der Waals surface area contributed by atoms with E-state index in [1.54, 1.807) is 18.2 Å². The van der Waals surface area contributed by atoms with Gasteiger partial charge in [-0.05, 0) is 29.3 Å². The highest BCUT2D eigenvalue weighted by atomic mass is 35.5. The molecule has 2 atom stereocenters. The summed E-state index contributed by atoms with van der Waals surface area (Å²) in [7, 11) is 0. The van der Waals surface area contributed by atoms with Gasteiger partial charge in [-0.25, -0.2) is 0 Å². The summed E-state index contributed by atoms with van der Waals surface area (Å²) in [6.07, 6.45) is 0.839. The van der Waals surface area contributed by atoms with E-state index in [1.165, 1.54) is 6.07 Å². The fourth-order valence-corrected chi connectivity index (χ4v) is 2.25. The first-order valence-corrected chi connectivity index (χ1v) is 6.27. The Morgan fingerprint density at radius 3 is 2.33 bits per heavy atom. The molecule has 0 fully saturated rings. The molecule has 1 aromatic carbocycles. The van der Waals surface area contributed by atoms with Gasteiger partial charge in [0, 0.05) is 10.9 Å². The van der Waals surface area contributed by atoms with Crippen LogP contribution in [0.5, 0.6) is 0 Å². The SMILES string of the molecule is CCC(C)[C@@H](N)c1ccccc1SC(F)(F)F.Cl. The smallest absolute Gasteiger partial charge is 0.324 e. The molecule has 0 radical (unpaired) electrons. The lowest BCUT2D eigenvalue weighted by atomic mass is 9.93. The standard InChI is InChI=1S/C12H16F3NS.ClH/c1-3-8(2)11(16)9-6-4-5-7-10(9)17-12(13,14)15;/h4-8,11H,3,16H2,1-2H3;1H/t8?,11-;/m1./s1. The predicted molar refractivity (Wildman–Crippen MR) is 72.0 cm³/mol. The molecule has 0 amide bonds. The van der Waals surface area contributed by atoms with E-state index < -0.39 is 5.51 Å². The normalized spacial score (nSPS) is 14.8. The van der Waals surface area contributed by atoms with Gasteiger partial charge in [0.15, 0.2) is 0 Å². The van der Waals surface area contributed by atoms with Crippen LogP contribution in [0.4, 0.5) is 13.2 Å².